The zero-order chi connectivity index (χ0) is 16.4. The normalized spacial score (nSPS) is 25.3. The van der Waals surface area contributed by atoms with Gasteiger partial charge in [-0.25, -0.2) is 4.98 Å². The number of allylic oxidation sites excluding steroid dienone is 4. The highest BCUT2D eigenvalue weighted by molar-refractivity contribution is 5.58. The number of nitrogens with two attached hydrogens (primary N) is 1. The summed E-state index contributed by atoms with van der Waals surface area (Å²) >= 11 is 0. The fourth-order valence-corrected chi connectivity index (χ4v) is 3.85. The first-order valence-corrected chi connectivity index (χ1v) is 7.59. The standard InChI is InChI=1S/C18H15N5/c19-8-15-13-5-1-2-6-14(13)16(12-4-3-7-23-9-12)18(10-20,11-21)17(15)22/h3-5,7,9,14,16H,1-2,6,22H2/p+1. The van der Waals surface area contributed by atoms with Crippen molar-refractivity contribution in [2.75, 3.05) is 0 Å². The van der Waals surface area contributed by atoms with Crippen molar-refractivity contribution < 1.29 is 4.98 Å². The summed E-state index contributed by atoms with van der Waals surface area (Å²) in [6, 6.07) is 10.1. The van der Waals surface area contributed by atoms with Crippen LogP contribution in [0.4, 0.5) is 0 Å². The van der Waals surface area contributed by atoms with Crippen molar-refractivity contribution in [1.82, 2.24) is 0 Å². The summed E-state index contributed by atoms with van der Waals surface area (Å²) in [4.78, 5) is 3.02. The number of aromatic amines is 1. The lowest BCUT2D eigenvalue weighted by Crippen LogP contribution is -2.42. The van der Waals surface area contributed by atoms with Gasteiger partial charge in [-0.1, -0.05) is 6.08 Å². The quantitative estimate of drug-likeness (QED) is 0.855. The summed E-state index contributed by atoms with van der Waals surface area (Å²) in [5.41, 5.74) is 6.84. The lowest BCUT2D eigenvalue weighted by Gasteiger charge is -2.42. The van der Waals surface area contributed by atoms with E-state index in [9.17, 15) is 15.8 Å². The number of hydrogen-bond acceptors (Lipinski definition) is 4. The minimum Gasteiger partial charge on any atom is -0.399 e. The van der Waals surface area contributed by atoms with E-state index in [0.29, 0.717) is 5.57 Å². The topological polar surface area (TPSA) is 112 Å². The van der Waals surface area contributed by atoms with Crippen molar-refractivity contribution in [3.63, 3.8) is 0 Å². The monoisotopic (exact) mass is 302 g/mol. The summed E-state index contributed by atoms with van der Waals surface area (Å²) in [6.45, 7) is 0. The van der Waals surface area contributed by atoms with E-state index in [4.69, 9.17) is 5.73 Å². The number of nitrogens with zero attached hydrogens (tertiary/aromatic N) is 3. The molecule has 0 amide bonds. The molecule has 0 fully saturated rings. The van der Waals surface area contributed by atoms with Crippen molar-refractivity contribution in [3.8, 4) is 18.2 Å². The van der Waals surface area contributed by atoms with Gasteiger partial charge in [-0.15, -0.1) is 0 Å². The largest absolute Gasteiger partial charge is 0.399 e. The highest BCUT2D eigenvalue weighted by Crippen LogP contribution is 2.55. The number of hydrogen-bond donors (Lipinski definition) is 1. The molecule has 3 N–H and O–H groups in total. The van der Waals surface area contributed by atoms with Crippen LogP contribution < -0.4 is 10.7 Å². The van der Waals surface area contributed by atoms with Gasteiger partial charge in [0.05, 0.1) is 23.4 Å². The van der Waals surface area contributed by atoms with Crippen LogP contribution in [0.5, 0.6) is 0 Å². The minimum absolute atomic E-state index is 0.0409. The van der Waals surface area contributed by atoms with Crippen LogP contribution in [-0.4, -0.2) is 0 Å². The van der Waals surface area contributed by atoms with Crippen LogP contribution in [-0.2, 0) is 0 Å². The molecule has 1 heterocycles. The molecular formula is C18H16N5+. The summed E-state index contributed by atoms with van der Waals surface area (Å²) in [5.74, 6) is -0.417. The average Bonchev–Trinajstić information content (AvgIpc) is 2.61. The molecular weight excluding hydrogens is 286 g/mol. The predicted octanol–water partition coefficient (Wildman–Crippen LogP) is 2.09. The van der Waals surface area contributed by atoms with Crippen LogP contribution in [0.15, 0.2) is 47.4 Å². The highest BCUT2D eigenvalue weighted by Gasteiger charge is 2.54. The summed E-state index contributed by atoms with van der Waals surface area (Å²) in [7, 11) is 0. The molecule has 0 saturated carbocycles. The van der Waals surface area contributed by atoms with E-state index in [1.807, 2.05) is 24.4 Å². The van der Waals surface area contributed by atoms with E-state index in [-0.39, 0.29) is 17.5 Å². The molecule has 0 saturated heterocycles. The Kier molecular flexibility index (Phi) is 3.61. The van der Waals surface area contributed by atoms with Crippen LogP contribution in [0, 0.1) is 45.3 Å². The first kappa shape index (κ1) is 14.8. The first-order valence-electron chi connectivity index (χ1n) is 7.59. The molecule has 0 aromatic carbocycles. The van der Waals surface area contributed by atoms with Crippen LogP contribution in [0.3, 0.4) is 0 Å². The second-order valence-electron chi connectivity index (χ2n) is 5.94. The molecule has 23 heavy (non-hydrogen) atoms. The third-order valence-electron chi connectivity index (χ3n) is 4.89. The number of pyridine rings is 1. The third-order valence-corrected chi connectivity index (χ3v) is 4.89. The van der Waals surface area contributed by atoms with Gasteiger partial charge in [-0.05, 0) is 36.8 Å². The third kappa shape index (κ3) is 2.00. The minimum atomic E-state index is -1.51. The van der Waals surface area contributed by atoms with Crippen molar-refractivity contribution in [1.29, 1.82) is 15.8 Å². The Morgan fingerprint density at radius 3 is 2.65 bits per heavy atom. The molecule has 2 aliphatic rings. The number of nitriles is 3. The van der Waals surface area contributed by atoms with E-state index >= 15 is 0 Å². The lowest BCUT2D eigenvalue weighted by molar-refractivity contribution is -0.379. The first-order chi connectivity index (χ1) is 11.2. The summed E-state index contributed by atoms with van der Waals surface area (Å²) in [6.07, 6.45) is 8.35. The maximum absolute atomic E-state index is 9.82. The SMILES string of the molecule is N#CC1=C(N)C(C#N)(C#N)C(c2ccc[nH+]c2)C2CCCC=C12. The Balaban J connectivity index is 2.33. The Labute approximate surface area is 135 Å². The Hall–Kier alpha value is -3.10. The van der Waals surface area contributed by atoms with Crippen molar-refractivity contribution in [2.24, 2.45) is 17.1 Å². The molecule has 2 aliphatic carbocycles. The lowest BCUT2D eigenvalue weighted by atomic mass is 9.57. The van der Waals surface area contributed by atoms with Gasteiger partial charge in [-0.3, -0.25) is 0 Å². The van der Waals surface area contributed by atoms with Gasteiger partial charge in [0.15, 0.2) is 17.8 Å². The fourth-order valence-electron chi connectivity index (χ4n) is 3.85. The van der Waals surface area contributed by atoms with Gasteiger partial charge >= 0.3 is 0 Å². The number of nitrogens with one attached hydrogen (secondary N) is 1. The van der Waals surface area contributed by atoms with E-state index in [1.165, 1.54) is 0 Å². The smallest absolute Gasteiger partial charge is 0.191 e. The van der Waals surface area contributed by atoms with E-state index in [1.54, 1.807) is 6.20 Å². The molecule has 3 rings (SSSR count). The van der Waals surface area contributed by atoms with Crippen LogP contribution in [0.2, 0.25) is 0 Å². The van der Waals surface area contributed by atoms with Gasteiger partial charge in [0.2, 0.25) is 0 Å². The van der Waals surface area contributed by atoms with Crippen LogP contribution >= 0.6 is 0 Å². The molecule has 112 valence electrons. The second-order valence-corrected chi connectivity index (χ2v) is 5.94. The van der Waals surface area contributed by atoms with Gasteiger partial charge in [0.25, 0.3) is 0 Å². The maximum atomic E-state index is 9.82. The van der Waals surface area contributed by atoms with Gasteiger partial charge in [0.1, 0.15) is 6.07 Å². The van der Waals surface area contributed by atoms with Crippen molar-refractivity contribution in [2.45, 2.75) is 25.2 Å². The molecule has 2 atom stereocenters. The fraction of sp³-hybridized carbons (Fsp3) is 0.333. The van der Waals surface area contributed by atoms with Crippen LogP contribution in [0.1, 0.15) is 30.7 Å². The molecule has 0 bridgehead atoms. The molecule has 0 spiro atoms. The molecule has 1 aromatic heterocycles. The zero-order valence-corrected chi connectivity index (χ0v) is 12.6. The van der Waals surface area contributed by atoms with E-state index in [2.05, 4.69) is 23.2 Å². The second kappa shape index (κ2) is 5.59. The maximum Gasteiger partial charge on any atom is 0.191 e. The van der Waals surface area contributed by atoms with Crippen molar-refractivity contribution >= 4 is 0 Å². The van der Waals surface area contributed by atoms with Gasteiger partial charge in [0, 0.05) is 17.5 Å². The Morgan fingerprint density at radius 2 is 2.04 bits per heavy atom. The molecule has 1 aromatic rings. The van der Waals surface area contributed by atoms with E-state index < -0.39 is 5.41 Å². The Bertz CT molecular complexity index is 800. The molecule has 0 aliphatic heterocycles. The number of aromatic nitrogens is 1. The van der Waals surface area contributed by atoms with Crippen LogP contribution in [0.25, 0.3) is 0 Å². The summed E-state index contributed by atoms with van der Waals surface area (Å²) < 4.78 is 0. The molecule has 5 heteroatoms. The Morgan fingerprint density at radius 1 is 1.26 bits per heavy atom. The average molecular weight is 302 g/mol. The number of fused-ring (bicyclic) bond motifs is 1. The van der Waals surface area contributed by atoms with Gasteiger partial charge < -0.3 is 5.73 Å². The van der Waals surface area contributed by atoms with E-state index in [0.717, 1.165) is 30.4 Å². The molecule has 2 unspecified atom stereocenters. The predicted molar refractivity (Wildman–Crippen MR) is 81.6 cm³/mol. The molecule has 0 radical (unpaired) electrons. The number of rotatable bonds is 1. The highest BCUT2D eigenvalue weighted by atomic mass is 14.7. The van der Waals surface area contributed by atoms with Crippen molar-refractivity contribution in [3.05, 3.63) is 53.0 Å². The number of H-pyrrole nitrogens is 1. The molecule has 5 nitrogen and oxygen atoms in total. The van der Waals surface area contributed by atoms with Gasteiger partial charge in [-0.2, -0.15) is 15.8 Å². The summed E-state index contributed by atoms with van der Waals surface area (Å²) in [5, 5.41) is 29.2. The zero-order valence-electron chi connectivity index (χ0n) is 12.6.